The summed E-state index contributed by atoms with van der Waals surface area (Å²) in [4.78, 5) is 12.5. The van der Waals surface area contributed by atoms with Crippen LogP contribution >= 0.6 is 0 Å². The van der Waals surface area contributed by atoms with Crippen LogP contribution in [0.5, 0.6) is 5.75 Å². The number of rotatable bonds is 8. The fourth-order valence-corrected chi connectivity index (χ4v) is 3.59. The smallest absolute Gasteiger partial charge is 0.338 e. The van der Waals surface area contributed by atoms with Gasteiger partial charge in [-0.25, -0.2) is 4.79 Å². The zero-order valence-electron chi connectivity index (χ0n) is 19.8. The first kappa shape index (κ1) is 23.0. The van der Waals surface area contributed by atoms with Crippen LogP contribution < -0.4 is 4.74 Å². The number of benzene rings is 2. The lowest BCUT2D eigenvalue weighted by Gasteiger charge is -2.07. The van der Waals surface area contributed by atoms with Gasteiger partial charge in [-0.1, -0.05) is 40.6 Å². The van der Waals surface area contributed by atoms with E-state index < -0.39 is 5.97 Å². The van der Waals surface area contributed by atoms with Crippen molar-refractivity contribution in [3.05, 3.63) is 88.8 Å². The SMILES string of the molecule is Cc1noc(C)c1COc1ccc(C(=O)OCc2nnc(-c3c(-c4ccccc4)noc3C)o2)cc1. The quantitative estimate of drug-likeness (QED) is 0.269. The molecule has 10 nitrogen and oxygen atoms in total. The normalized spacial score (nSPS) is 11.0. The summed E-state index contributed by atoms with van der Waals surface area (Å²) in [7, 11) is 0. The molecule has 182 valence electrons. The van der Waals surface area contributed by atoms with Crippen LogP contribution in [0.4, 0.5) is 0 Å². The number of nitrogens with zero attached hydrogens (tertiary/aromatic N) is 4. The maximum Gasteiger partial charge on any atom is 0.338 e. The number of ether oxygens (including phenoxy) is 2. The van der Waals surface area contributed by atoms with Crippen LogP contribution in [0.2, 0.25) is 0 Å². The third-order valence-corrected chi connectivity index (χ3v) is 5.57. The third kappa shape index (κ3) is 4.74. The summed E-state index contributed by atoms with van der Waals surface area (Å²) < 4.78 is 27.3. The summed E-state index contributed by atoms with van der Waals surface area (Å²) in [5.41, 5.74) is 4.09. The van der Waals surface area contributed by atoms with E-state index in [0.29, 0.717) is 40.7 Å². The number of carbonyl (C=O) groups excluding carboxylic acids is 1. The molecule has 2 aromatic carbocycles. The topological polar surface area (TPSA) is 127 Å². The monoisotopic (exact) mass is 486 g/mol. The van der Waals surface area contributed by atoms with Gasteiger partial charge < -0.3 is 22.9 Å². The first-order valence-corrected chi connectivity index (χ1v) is 11.2. The molecule has 0 saturated heterocycles. The average molecular weight is 486 g/mol. The van der Waals surface area contributed by atoms with Gasteiger partial charge >= 0.3 is 5.97 Å². The Hall–Kier alpha value is -4.73. The van der Waals surface area contributed by atoms with Gasteiger partial charge in [-0.3, -0.25) is 0 Å². The molecular formula is C26H22N4O6. The predicted molar refractivity (Wildman–Crippen MR) is 126 cm³/mol. The molecule has 5 aromatic rings. The van der Waals surface area contributed by atoms with Crippen molar-refractivity contribution >= 4 is 5.97 Å². The molecule has 0 atom stereocenters. The van der Waals surface area contributed by atoms with E-state index in [-0.39, 0.29) is 18.4 Å². The molecule has 36 heavy (non-hydrogen) atoms. The Morgan fingerprint density at radius 1 is 0.861 bits per heavy atom. The van der Waals surface area contributed by atoms with E-state index >= 15 is 0 Å². The lowest BCUT2D eigenvalue weighted by molar-refractivity contribution is 0.0438. The molecule has 0 bridgehead atoms. The van der Waals surface area contributed by atoms with E-state index in [9.17, 15) is 4.79 Å². The highest BCUT2D eigenvalue weighted by molar-refractivity contribution is 5.89. The third-order valence-electron chi connectivity index (χ3n) is 5.57. The minimum absolute atomic E-state index is 0.150. The Morgan fingerprint density at radius 2 is 1.61 bits per heavy atom. The fraction of sp³-hybridized carbons (Fsp3) is 0.192. The number of hydrogen-bond acceptors (Lipinski definition) is 10. The van der Waals surface area contributed by atoms with Gasteiger partial charge in [-0.05, 0) is 45.0 Å². The summed E-state index contributed by atoms with van der Waals surface area (Å²) in [6.07, 6.45) is 0. The molecule has 0 amide bonds. The molecule has 0 N–H and O–H groups in total. The summed E-state index contributed by atoms with van der Waals surface area (Å²) in [5.74, 6) is 1.71. The highest BCUT2D eigenvalue weighted by Crippen LogP contribution is 2.33. The average Bonchev–Trinajstić information content (AvgIpc) is 3.61. The number of esters is 1. The van der Waals surface area contributed by atoms with Gasteiger partial charge in [-0.15, -0.1) is 10.2 Å². The Kier molecular flexibility index (Phi) is 6.31. The van der Waals surface area contributed by atoms with Crippen molar-refractivity contribution in [3.63, 3.8) is 0 Å². The maximum absolute atomic E-state index is 12.5. The van der Waals surface area contributed by atoms with Gasteiger partial charge in [0.2, 0.25) is 0 Å². The summed E-state index contributed by atoms with van der Waals surface area (Å²) in [6.45, 7) is 5.60. The molecule has 0 radical (unpaired) electrons. The van der Waals surface area contributed by atoms with Crippen LogP contribution in [0.25, 0.3) is 22.7 Å². The van der Waals surface area contributed by atoms with Gasteiger partial charge in [0.15, 0.2) is 6.61 Å². The van der Waals surface area contributed by atoms with E-state index in [4.69, 9.17) is 22.9 Å². The molecule has 5 rings (SSSR count). The van der Waals surface area contributed by atoms with E-state index in [0.717, 1.165) is 16.8 Å². The zero-order chi connectivity index (χ0) is 25.1. The van der Waals surface area contributed by atoms with Crippen molar-refractivity contribution in [3.8, 4) is 28.5 Å². The standard InChI is InChI=1S/C26H22N4O6/c1-15-21(16(2)35-29-15)13-32-20-11-9-19(10-12-20)26(31)33-14-22-27-28-25(34-22)23-17(3)36-30-24(23)18-7-5-4-6-8-18/h4-12H,13-14H2,1-3H3. The minimum Gasteiger partial charge on any atom is -0.489 e. The van der Waals surface area contributed by atoms with E-state index in [2.05, 4.69) is 20.5 Å². The van der Waals surface area contributed by atoms with Crippen LogP contribution in [0.1, 0.15) is 39.0 Å². The second kappa shape index (κ2) is 9.87. The molecule has 3 heterocycles. The van der Waals surface area contributed by atoms with Crippen molar-refractivity contribution in [2.75, 3.05) is 0 Å². The van der Waals surface area contributed by atoms with Crippen molar-refractivity contribution < 1.29 is 27.7 Å². The van der Waals surface area contributed by atoms with Crippen molar-refractivity contribution in [2.24, 2.45) is 0 Å². The summed E-state index contributed by atoms with van der Waals surface area (Å²) >= 11 is 0. The highest BCUT2D eigenvalue weighted by atomic mass is 16.5. The molecule has 0 spiro atoms. The molecule has 0 unspecified atom stereocenters. The van der Waals surface area contributed by atoms with Crippen molar-refractivity contribution in [2.45, 2.75) is 34.0 Å². The lowest BCUT2D eigenvalue weighted by Crippen LogP contribution is -2.05. The van der Waals surface area contributed by atoms with Gasteiger partial charge in [0.05, 0.1) is 16.8 Å². The number of hydrogen-bond donors (Lipinski definition) is 0. The van der Waals surface area contributed by atoms with Crippen LogP contribution in [-0.2, 0) is 18.0 Å². The first-order valence-electron chi connectivity index (χ1n) is 11.2. The van der Waals surface area contributed by atoms with Gasteiger partial charge in [0, 0.05) is 5.56 Å². The van der Waals surface area contributed by atoms with E-state index in [1.54, 1.807) is 31.2 Å². The molecule has 3 aromatic heterocycles. The maximum atomic E-state index is 12.5. The van der Waals surface area contributed by atoms with Crippen LogP contribution in [0, 0.1) is 20.8 Å². The van der Waals surface area contributed by atoms with Gasteiger partial charge in [-0.2, -0.15) is 0 Å². The molecular weight excluding hydrogens is 464 g/mol. The Labute approximate surface area is 205 Å². The molecule has 0 aliphatic carbocycles. The lowest BCUT2D eigenvalue weighted by atomic mass is 10.1. The Balaban J connectivity index is 1.21. The highest BCUT2D eigenvalue weighted by Gasteiger charge is 2.22. The van der Waals surface area contributed by atoms with Crippen LogP contribution in [-0.4, -0.2) is 26.5 Å². The van der Waals surface area contributed by atoms with E-state index in [1.807, 2.05) is 44.2 Å². The fourth-order valence-electron chi connectivity index (χ4n) is 3.59. The number of aryl methyl sites for hydroxylation is 3. The van der Waals surface area contributed by atoms with Gasteiger partial charge in [0.25, 0.3) is 11.8 Å². The molecule has 0 aliphatic rings. The van der Waals surface area contributed by atoms with E-state index in [1.165, 1.54) is 0 Å². The molecule has 10 heteroatoms. The molecule has 0 aliphatic heterocycles. The zero-order valence-corrected chi connectivity index (χ0v) is 19.8. The van der Waals surface area contributed by atoms with Crippen LogP contribution in [0.3, 0.4) is 0 Å². The molecule has 0 saturated carbocycles. The van der Waals surface area contributed by atoms with Crippen LogP contribution in [0.15, 0.2) is 68.1 Å². The first-order chi connectivity index (χ1) is 17.5. The van der Waals surface area contributed by atoms with Gasteiger partial charge in [0.1, 0.15) is 35.1 Å². The number of carbonyl (C=O) groups is 1. The Morgan fingerprint density at radius 3 is 2.33 bits per heavy atom. The minimum atomic E-state index is -0.529. The number of aromatic nitrogens is 4. The largest absolute Gasteiger partial charge is 0.489 e. The Bertz CT molecular complexity index is 1470. The second-order valence-electron chi connectivity index (χ2n) is 8.02. The van der Waals surface area contributed by atoms with Crippen molar-refractivity contribution in [1.82, 2.24) is 20.5 Å². The van der Waals surface area contributed by atoms with Crippen molar-refractivity contribution in [1.29, 1.82) is 0 Å². The summed E-state index contributed by atoms with van der Waals surface area (Å²) in [6, 6.07) is 16.2. The molecule has 0 fully saturated rings. The second-order valence-corrected chi connectivity index (χ2v) is 8.02. The summed E-state index contributed by atoms with van der Waals surface area (Å²) in [5, 5.41) is 16.1. The predicted octanol–water partition coefficient (Wildman–Crippen LogP) is 5.24.